The molecule has 18 heavy (non-hydrogen) atoms. The van der Waals surface area contributed by atoms with E-state index in [2.05, 4.69) is 48.7 Å². The Morgan fingerprint density at radius 2 is 1.78 bits per heavy atom. The van der Waals surface area contributed by atoms with Gasteiger partial charge >= 0.3 is 0 Å². The van der Waals surface area contributed by atoms with Crippen LogP contribution in [0.1, 0.15) is 43.7 Å². The van der Waals surface area contributed by atoms with Crippen molar-refractivity contribution in [3.63, 3.8) is 0 Å². The molecule has 1 aliphatic rings. The number of nitrogens with one attached hydrogen (secondary N) is 2. The van der Waals surface area contributed by atoms with E-state index in [9.17, 15) is 0 Å². The fourth-order valence-corrected chi connectivity index (χ4v) is 2.46. The highest BCUT2D eigenvalue weighted by Gasteiger charge is 2.41. The highest BCUT2D eigenvalue weighted by Crippen LogP contribution is 2.44. The van der Waals surface area contributed by atoms with Crippen molar-refractivity contribution >= 4 is 0 Å². The average Bonchev–Trinajstić information content (AvgIpc) is 3.10. The second kappa shape index (κ2) is 5.85. The molecule has 2 nitrogen and oxygen atoms in total. The number of benzene rings is 1. The molecular weight excluding hydrogens is 220 g/mol. The Hall–Kier alpha value is -0.860. The van der Waals surface area contributed by atoms with Gasteiger partial charge in [-0.1, -0.05) is 38.1 Å². The molecule has 1 aromatic carbocycles. The Morgan fingerprint density at radius 1 is 1.11 bits per heavy atom. The summed E-state index contributed by atoms with van der Waals surface area (Å²) in [6.45, 7) is 7.75. The van der Waals surface area contributed by atoms with E-state index in [-0.39, 0.29) is 0 Å². The van der Waals surface area contributed by atoms with Crippen LogP contribution in [0.3, 0.4) is 0 Å². The van der Waals surface area contributed by atoms with E-state index in [0.717, 1.165) is 19.6 Å². The predicted molar refractivity (Wildman–Crippen MR) is 77.8 cm³/mol. The van der Waals surface area contributed by atoms with Crippen LogP contribution in [0.15, 0.2) is 24.3 Å². The summed E-state index contributed by atoms with van der Waals surface area (Å²) in [5, 5.41) is 6.90. The Balaban J connectivity index is 1.77. The van der Waals surface area contributed by atoms with Gasteiger partial charge in [0, 0.05) is 19.6 Å². The maximum absolute atomic E-state index is 3.60. The highest BCUT2D eigenvalue weighted by atomic mass is 14.9. The molecule has 1 fully saturated rings. The molecule has 0 saturated heterocycles. The van der Waals surface area contributed by atoms with Gasteiger partial charge in [-0.05, 0) is 42.3 Å². The lowest BCUT2D eigenvalue weighted by Crippen LogP contribution is -2.31. The second-order valence-electron chi connectivity index (χ2n) is 6.03. The van der Waals surface area contributed by atoms with Crippen LogP contribution in [0.4, 0.5) is 0 Å². The van der Waals surface area contributed by atoms with Gasteiger partial charge < -0.3 is 10.6 Å². The minimum absolute atomic E-state index is 0.548. The van der Waals surface area contributed by atoms with Crippen molar-refractivity contribution in [2.24, 2.45) is 5.41 Å². The van der Waals surface area contributed by atoms with Crippen molar-refractivity contribution in [3.05, 3.63) is 35.4 Å². The molecule has 0 atom stereocenters. The molecule has 1 aliphatic carbocycles. The Bertz CT molecular complexity index is 363. The van der Waals surface area contributed by atoms with Gasteiger partial charge in [0.25, 0.3) is 0 Å². The van der Waals surface area contributed by atoms with Gasteiger partial charge in [-0.15, -0.1) is 0 Å². The molecule has 0 aromatic heterocycles. The van der Waals surface area contributed by atoms with Crippen LogP contribution >= 0.6 is 0 Å². The van der Waals surface area contributed by atoms with E-state index in [0.29, 0.717) is 11.3 Å². The van der Waals surface area contributed by atoms with Gasteiger partial charge in [-0.3, -0.25) is 0 Å². The zero-order chi connectivity index (χ0) is 13.0. The lowest BCUT2D eigenvalue weighted by Gasteiger charge is -2.15. The van der Waals surface area contributed by atoms with Gasteiger partial charge in [-0.2, -0.15) is 0 Å². The van der Waals surface area contributed by atoms with Crippen LogP contribution in [-0.4, -0.2) is 20.1 Å². The van der Waals surface area contributed by atoms with Crippen LogP contribution in [0.5, 0.6) is 0 Å². The highest BCUT2D eigenvalue weighted by molar-refractivity contribution is 5.24. The van der Waals surface area contributed by atoms with E-state index >= 15 is 0 Å². The molecule has 1 aromatic rings. The summed E-state index contributed by atoms with van der Waals surface area (Å²) in [6, 6.07) is 9.00. The fourth-order valence-electron chi connectivity index (χ4n) is 2.46. The molecule has 100 valence electrons. The molecule has 0 radical (unpaired) electrons. The second-order valence-corrected chi connectivity index (χ2v) is 6.03. The molecule has 0 amide bonds. The molecule has 0 unspecified atom stereocenters. The predicted octanol–water partition coefficient (Wildman–Crippen LogP) is 2.90. The third kappa shape index (κ3) is 3.56. The molecule has 0 bridgehead atoms. The Morgan fingerprint density at radius 3 is 2.28 bits per heavy atom. The molecule has 2 heteroatoms. The number of hydrogen-bond acceptors (Lipinski definition) is 2. The van der Waals surface area contributed by atoms with Crippen molar-refractivity contribution in [2.45, 2.75) is 39.2 Å². The first kappa shape index (κ1) is 13.6. The summed E-state index contributed by atoms with van der Waals surface area (Å²) < 4.78 is 0. The van der Waals surface area contributed by atoms with E-state index in [1.807, 2.05) is 7.05 Å². The van der Waals surface area contributed by atoms with Crippen molar-refractivity contribution < 1.29 is 0 Å². The maximum atomic E-state index is 3.60. The van der Waals surface area contributed by atoms with E-state index in [4.69, 9.17) is 0 Å². The van der Waals surface area contributed by atoms with Gasteiger partial charge in [0.1, 0.15) is 0 Å². The van der Waals surface area contributed by atoms with Crippen molar-refractivity contribution in [2.75, 3.05) is 20.1 Å². The number of rotatable bonds is 7. The van der Waals surface area contributed by atoms with Gasteiger partial charge in [0.15, 0.2) is 0 Å². The SMILES string of the molecule is CNCC1(CNCc2ccc(C(C)C)cc2)CC1. The lowest BCUT2D eigenvalue weighted by molar-refractivity contribution is 0.438. The summed E-state index contributed by atoms with van der Waals surface area (Å²) in [4.78, 5) is 0. The van der Waals surface area contributed by atoms with Gasteiger partial charge in [-0.25, -0.2) is 0 Å². The quantitative estimate of drug-likeness (QED) is 0.773. The van der Waals surface area contributed by atoms with Crippen LogP contribution < -0.4 is 10.6 Å². The van der Waals surface area contributed by atoms with Crippen LogP contribution in [0.25, 0.3) is 0 Å². The summed E-state index contributed by atoms with van der Waals surface area (Å²) in [5.74, 6) is 0.623. The summed E-state index contributed by atoms with van der Waals surface area (Å²) in [7, 11) is 2.05. The largest absolute Gasteiger partial charge is 0.319 e. The lowest BCUT2D eigenvalue weighted by atomic mass is 10.0. The van der Waals surface area contributed by atoms with Crippen LogP contribution in [0.2, 0.25) is 0 Å². The van der Waals surface area contributed by atoms with Gasteiger partial charge in [0.05, 0.1) is 0 Å². The molecule has 0 spiro atoms. The monoisotopic (exact) mass is 246 g/mol. The third-order valence-corrected chi connectivity index (χ3v) is 3.98. The first-order chi connectivity index (χ1) is 8.65. The number of hydrogen-bond donors (Lipinski definition) is 2. The Labute approximate surface area is 111 Å². The molecule has 1 saturated carbocycles. The van der Waals surface area contributed by atoms with E-state index < -0.39 is 0 Å². The molecule has 0 heterocycles. The summed E-state index contributed by atoms with van der Waals surface area (Å²) in [6.07, 6.45) is 2.74. The molecule has 0 aliphatic heterocycles. The minimum Gasteiger partial charge on any atom is -0.319 e. The van der Waals surface area contributed by atoms with Crippen molar-refractivity contribution in [1.82, 2.24) is 10.6 Å². The minimum atomic E-state index is 0.548. The smallest absolute Gasteiger partial charge is 0.0205 e. The average molecular weight is 246 g/mol. The zero-order valence-electron chi connectivity index (χ0n) is 11.9. The third-order valence-electron chi connectivity index (χ3n) is 3.98. The Kier molecular flexibility index (Phi) is 4.41. The van der Waals surface area contributed by atoms with E-state index in [1.165, 1.54) is 24.0 Å². The van der Waals surface area contributed by atoms with Crippen molar-refractivity contribution in [1.29, 1.82) is 0 Å². The first-order valence-corrected chi connectivity index (χ1v) is 7.09. The van der Waals surface area contributed by atoms with Crippen LogP contribution in [-0.2, 0) is 6.54 Å². The van der Waals surface area contributed by atoms with Crippen LogP contribution in [0, 0.1) is 5.41 Å². The maximum Gasteiger partial charge on any atom is 0.0205 e. The van der Waals surface area contributed by atoms with E-state index in [1.54, 1.807) is 0 Å². The van der Waals surface area contributed by atoms with Crippen molar-refractivity contribution in [3.8, 4) is 0 Å². The standard InChI is InChI=1S/C16H26N2/c1-13(2)15-6-4-14(5-7-15)10-18-12-16(8-9-16)11-17-3/h4-7,13,17-18H,8-12H2,1-3H3. The molecule has 2 N–H and O–H groups in total. The summed E-state index contributed by atoms with van der Waals surface area (Å²) >= 11 is 0. The topological polar surface area (TPSA) is 24.1 Å². The normalized spacial score (nSPS) is 17.1. The molecule has 2 rings (SSSR count). The van der Waals surface area contributed by atoms with Gasteiger partial charge in [0.2, 0.25) is 0 Å². The fraction of sp³-hybridized carbons (Fsp3) is 0.625. The first-order valence-electron chi connectivity index (χ1n) is 7.09. The zero-order valence-corrected chi connectivity index (χ0v) is 11.9. The molecular formula is C16H26N2. The summed E-state index contributed by atoms with van der Waals surface area (Å²) in [5.41, 5.74) is 3.36.